The van der Waals surface area contributed by atoms with Crippen molar-refractivity contribution >= 4 is 23.2 Å². The molecule has 3 nitrogen and oxygen atoms in total. The molecule has 0 aliphatic rings. The third kappa shape index (κ3) is 1.84. The Balaban J connectivity index is 2.56. The fourth-order valence-electron chi connectivity index (χ4n) is 1.13. The highest BCUT2D eigenvalue weighted by Crippen LogP contribution is 2.25. The monoisotopic (exact) mass is 229 g/mol. The number of benzene rings is 1. The lowest BCUT2D eigenvalue weighted by molar-refractivity contribution is 0.394. The van der Waals surface area contributed by atoms with Crippen molar-refractivity contribution in [2.45, 2.75) is 0 Å². The van der Waals surface area contributed by atoms with Crippen LogP contribution in [0, 0.1) is 0 Å². The number of nitrogens with one attached hydrogen (secondary N) is 1. The molecule has 1 aromatic heterocycles. The molecule has 72 valence electrons. The predicted octanol–water partition coefficient (Wildman–Crippen LogP) is 2.94. The number of hydrogen-bond acceptors (Lipinski definition) is 2. The molecule has 0 radical (unpaired) electrons. The molecule has 0 saturated carbocycles. The summed E-state index contributed by atoms with van der Waals surface area (Å²) in [4.78, 5) is 10.8. The molecule has 1 aromatic carbocycles. The van der Waals surface area contributed by atoms with Crippen molar-refractivity contribution in [3.05, 3.63) is 44.7 Å². The van der Waals surface area contributed by atoms with E-state index in [1.165, 1.54) is 6.07 Å². The van der Waals surface area contributed by atoms with E-state index < -0.39 is 5.63 Å². The fraction of sp³-hybridized carbons (Fsp3) is 0. The van der Waals surface area contributed by atoms with Gasteiger partial charge in [-0.25, -0.2) is 9.95 Å². The molecule has 0 bridgehead atoms. The summed E-state index contributed by atoms with van der Waals surface area (Å²) >= 11 is 11.6. The van der Waals surface area contributed by atoms with Gasteiger partial charge in [-0.3, -0.25) is 0 Å². The van der Waals surface area contributed by atoms with E-state index in [4.69, 9.17) is 23.2 Å². The molecule has 0 fully saturated rings. The number of aromatic amines is 1. The van der Waals surface area contributed by atoms with Crippen LogP contribution in [0.25, 0.3) is 11.3 Å². The maximum absolute atomic E-state index is 10.8. The highest BCUT2D eigenvalue weighted by Gasteiger charge is 2.04. The Hall–Kier alpha value is -1.19. The maximum atomic E-state index is 10.8. The van der Waals surface area contributed by atoms with Crippen molar-refractivity contribution in [1.29, 1.82) is 0 Å². The second kappa shape index (κ2) is 3.52. The summed E-state index contributed by atoms with van der Waals surface area (Å²) in [5.74, 6) is 0. The van der Waals surface area contributed by atoms with Gasteiger partial charge in [0.05, 0.1) is 11.8 Å². The minimum absolute atomic E-state index is 0.434. The Labute approximate surface area is 89.2 Å². The van der Waals surface area contributed by atoms with Gasteiger partial charge in [0.15, 0.2) is 0 Å². The summed E-state index contributed by atoms with van der Waals surface area (Å²) in [6.07, 6.45) is 0. The second-order valence-corrected chi connectivity index (χ2v) is 3.61. The molecule has 0 aliphatic heterocycles. The van der Waals surface area contributed by atoms with E-state index in [1.807, 2.05) is 0 Å². The quantitative estimate of drug-likeness (QED) is 0.818. The van der Waals surface area contributed by atoms with Crippen LogP contribution in [0.15, 0.2) is 33.6 Å². The van der Waals surface area contributed by atoms with Crippen molar-refractivity contribution < 1.29 is 4.52 Å². The molecule has 1 N–H and O–H groups in total. The number of H-pyrrole nitrogens is 1. The van der Waals surface area contributed by atoms with Crippen molar-refractivity contribution in [2.75, 3.05) is 0 Å². The van der Waals surface area contributed by atoms with Crippen LogP contribution in [0.4, 0.5) is 0 Å². The predicted molar refractivity (Wildman–Crippen MR) is 54.8 cm³/mol. The molecule has 0 amide bonds. The summed E-state index contributed by atoms with van der Waals surface area (Å²) in [6, 6.07) is 6.33. The molecule has 1 heterocycles. The second-order valence-electron chi connectivity index (χ2n) is 2.74. The molecular formula is C9H5Cl2NO2. The zero-order valence-corrected chi connectivity index (χ0v) is 8.39. The first-order valence-electron chi connectivity index (χ1n) is 3.80. The van der Waals surface area contributed by atoms with Gasteiger partial charge in [0, 0.05) is 15.6 Å². The van der Waals surface area contributed by atoms with Gasteiger partial charge in [-0.15, -0.1) is 0 Å². The van der Waals surface area contributed by atoms with Crippen LogP contribution >= 0.6 is 23.2 Å². The first-order chi connectivity index (χ1) is 6.65. The molecule has 0 unspecified atom stereocenters. The largest absolute Gasteiger partial charge is 0.357 e. The van der Waals surface area contributed by atoms with Gasteiger partial charge in [0.1, 0.15) is 0 Å². The molecule has 2 aromatic rings. The van der Waals surface area contributed by atoms with Crippen molar-refractivity contribution in [3.63, 3.8) is 0 Å². The standard InChI is InChI=1S/C9H5Cl2NO2/c10-6-1-5(2-7(11)3-6)8-4-9(13)14-12-8/h1-4,12H. The zero-order chi connectivity index (χ0) is 10.1. The summed E-state index contributed by atoms with van der Waals surface area (Å²) in [5.41, 5.74) is 0.837. The van der Waals surface area contributed by atoms with Gasteiger partial charge in [-0.1, -0.05) is 23.2 Å². The molecule has 0 aliphatic carbocycles. The van der Waals surface area contributed by atoms with E-state index in [0.717, 1.165) is 0 Å². The summed E-state index contributed by atoms with van der Waals surface area (Å²) in [5, 5.41) is 3.49. The highest BCUT2D eigenvalue weighted by atomic mass is 35.5. The third-order valence-corrected chi connectivity index (χ3v) is 2.13. The lowest BCUT2D eigenvalue weighted by Gasteiger charge is -1.98. The number of aromatic nitrogens is 1. The van der Waals surface area contributed by atoms with Crippen LogP contribution in [0.3, 0.4) is 0 Å². The lowest BCUT2D eigenvalue weighted by atomic mass is 10.1. The van der Waals surface area contributed by atoms with Gasteiger partial charge in [-0.2, -0.15) is 0 Å². The molecule has 2 rings (SSSR count). The van der Waals surface area contributed by atoms with Gasteiger partial charge in [0.2, 0.25) is 0 Å². The molecular weight excluding hydrogens is 225 g/mol. The van der Waals surface area contributed by atoms with Gasteiger partial charge >= 0.3 is 5.63 Å². The molecule has 14 heavy (non-hydrogen) atoms. The summed E-state index contributed by atoms with van der Waals surface area (Å²) in [6.45, 7) is 0. The van der Waals surface area contributed by atoms with Crippen molar-refractivity contribution in [2.24, 2.45) is 0 Å². The Kier molecular flexibility index (Phi) is 2.35. The van der Waals surface area contributed by atoms with E-state index in [1.54, 1.807) is 18.2 Å². The van der Waals surface area contributed by atoms with Crippen LogP contribution in [0.1, 0.15) is 0 Å². The smallest absolute Gasteiger partial charge is 0.339 e. The Morgan fingerprint density at radius 3 is 2.21 bits per heavy atom. The number of halogens is 2. The summed E-state index contributed by atoms with van der Waals surface area (Å²) < 4.78 is 4.53. The first kappa shape index (κ1) is 9.37. The molecule has 0 saturated heterocycles. The van der Waals surface area contributed by atoms with Crippen molar-refractivity contribution in [1.82, 2.24) is 5.16 Å². The summed E-state index contributed by atoms with van der Waals surface area (Å²) in [7, 11) is 0. The van der Waals surface area contributed by atoms with Crippen LogP contribution < -0.4 is 5.63 Å². The highest BCUT2D eigenvalue weighted by molar-refractivity contribution is 6.35. The Bertz CT molecular complexity index is 495. The third-order valence-electron chi connectivity index (χ3n) is 1.70. The van der Waals surface area contributed by atoms with Gasteiger partial charge < -0.3 is 4.52 Å². The molecule has 5 heteroatoms. The minimum atomic E-state index is -0.434. The molecule has 0 atom stereocenters. The number of hydrogen-bond donors (Lipinski definition) is 1. The number of rotatable bonds is 1. The van der Waals surface area contributed by atoms with Gasteiger partial charge in [0.25, 0.3) is 0 Å². The topological polar surface area (TPSA) is 46.0 Å². The first-order valence-corrected chi connectivity index (χ1v) is 4.56. The lowest BCUT2D eigenvalue weighted by Crippen LogP contribution is -1.85. The fourth-order valence-corrected chi connectivity index (χ4v) is 1.66. The maximum Gasteiger partial charge on any atom is 0.357 e. The Morgan fingerprint density at radius 1 is 1.07 bits per heavy atom. The van der Waals surface area contributed by atoms with E-state index in [-0.39, 0.29) is 0 Å². The van der Waals surface area contributed by atoms with Crippen LogP contribution in [-0.2, 0) is 0 Å². The van der Waals surface area contributed by atoms with Crippen LogP contribution in [-0.4, -0.2) is 5.16 Å². The minimum Gasteiger partial charge on any atom is -0.339 e. The van der Waals surface area contributed by atoms with E-state index in [9.17, 15) is 4.79 Å². The zero-order valence-electron chi connectivity index (χ0n) is 6.88. The normalized spacial score (nSPS) is 10.4. The Morgan fingerprint density at radius 2 is 1.71 bits per heavy atom. The van der Waals surface area contributed by atoms with E-state index >= 15 is 0 Å². The van der Waals surface area contributed by atoms with Crippen LogP contribution in [0.5, 0.6) is 0 Å². The van der Waals surface area contributed by atoms with Crippen LogP contribution in [0.2, 0.25) is 10.0 Å². The van der Waals surface area contributed by atoms with E-state index in [0.29, 0.717) is 21.3 Å². The molecule has 0 spiro atoms. The van der Waals surface area contributed by atoms with Crippen molar-refractivity contribution in [3.8, 4) is 11.3 Å². The van der Waals surface area contributed by atoms with E-state index in [2.05, 4.69) is 9.68 Å². The average Bonchev–Trinajstić information content (AvgIpc) is 2.50. The SMILES string of the molecule is O=c1cc(-c2cc(Cl)cc(Cl)c2)[nH]o1. The average molecular weight is 230 g/mol. The van der Waals surface area contributed by atoms with Gasteiger partial charge in [-0.05, 0) is 18.2 Å².